The smallest absolute Gasteiger partial charge is 0.147 e. The highest BCUT2D eigenvalue weighted by Crippen LogP contribution is 2.29. The summed E-state index contributed by atoms with van der Waals surface area (Å²) >= 11 is 1.72. The third-order valence-corrected chi connectivity index (χ3v) is 4.36. The molecular formula is C12H16N4S. The molecule has 0 saturated carbocycles. The molecule has 17 heavy (non-hydrogen) atoms. The van der Waals surface area contributed by atoms with Crippen molar-refractivity contribution in [3.05, 3.63) is 17.3 Å². The number of hydrogen-bond acceptors (Lipinski definition) is 5. The van der Waals surface area contributed by atoms with E-state index in [1.54, 1.807) is 17.7 Å². The van der Waals surface area contributed by atoms with Gasteiger partial charge in [0, 0.05) is 12.6 Å². The van der Waals surface area contributed by atoms with Crippen LogP contribution in [0.4, 0.5) is 5.82 Å². The van der Waals surface area contributed by atoms with Crippen molar-refractivity contribution in [3.8, 4) is 0 Å². The maximum absolute atomic E-state index is 4.38. The molecule has 1 unspecified atom stereocenters. The first-order chi connectivity index (χ1) is 8.24. The number of fused-ring (bicyclic) bond motifs is 1. The molecule has 0 amide bonds. The lowest BCUT2D eigenvalue weighted by atomic mass is 10.2. The lowest BCUT2D eigenvalue weighted by Crippen LogP contribution is -2.24. The summed E-state index contributed by atoms with van der Waals surface area (Å²) in [5.41, 5.74) is 2.32. The van der Waals surface area contributed by atoms with Crippen LogP contribution in [0.1, 0.15) is 12.0 Å². The van der Waals surface area contributed by atoms with Crippen molar-refractivity contribution in [2.24, 2.45) is 0 Å². The van der Waals surface area contributed by atoms with Crippen molar-refractivity contribution in [3.63, 3.8) is 0 Å². The Morgan fingerprint density at radius 3 is 3.12 bits per heavy atom. The van der Waals surface area contributed by atoms with Crippen LogP contribution in [0.3, 0.4) is 0 Å². The van der Waals surface area contributed by atoms with Gasteiger partial charge < -0.3 is 10.2 Å². The maximum Gasteiger partial charge on any atom is 0.147 e. The summed E-state index contributed by atoms with van der Waals surface area (Å²) in [6.07, 6.45) is 2.84. The summed E-state index contributed by atoms with van der Waals surface area (Å²) in [7, 11) is 2.16. The van der Waals surface area contributed by atoms with Crippen LogP contribution >= 0.6 is 11.3 Å². The van der Waals surface area contributed by atoms with E-state index in [0.29, 0.717) is 6.04 Å². The molecule has 0 aliphatic carbocycles. The molecule has 2 aromatic heterocycles. The Morgan fingerprint density at radius 2 is 2.35 bits per heavy atom. The Morgan fingerprint density at radius 1 is 1.47 bits per heavy atom. The molecule has 2 aromatic rings. The van der Waals surface area contributed by atoms with Crippen LogP contribution in [-0.4, -0.2) is 41.0 Å². The highest BCUT2D eigenvalue weighted by molar-refractivity contribution is 7.18. The molecule has 0 aromatic carbocycles. The highest BCUT2D eigenvalue weighted by atomic mass is 32.1. The van der Waals surface area contributed by atoms with Gasteiger partial charge in [-0.15, -0.1) is 11.3 Å². The second-order valence-electron chi connectivity index (χ2n) is 4.71. The van der Waals surface area contributed by atoms with Gasteiger partial charge in [0.2, 0.25) is 0 Å². The SMILES string of the molecule is Cc1csc2c(NC3CCN(C)C3)ncnc12. The van der Waals surface area contributed by atoms with E-state index >= 15 is 0 Å². The second kappa shape index (κ2) is 4.23. The summed E-state index contributed by atoms with van der Waals surface area (Å²) in [6, 6.07) is 0.514. The summed E-state index contributed by atoms with van der Waals surface area (Å²) in [4.78, 5) is 11.1. The van der Waals surface area contributed by atoms with E-state index in [9.17, 15) is 0 Å². The largest absolute Gasteiger partial charge is 0.365 e. The number of anilines is 1. The van der Waals surface area contributed by atoms with Gasteiger partial charge in [-0.1, -0.05) is 0 Å². The Hall–Kier alpha value is -1.20. The average Bonchev–Trinajstić information content (AvgIpc) is 2.88. The predicted molar refractivity (Wildman–Crippen MR) is 71.7 cm³/mol. The lowest BCUT2D eigenvalue weighted by Gasteiger charge is -2.13. The number of thiophene rings is 1. The number of aromatic nitrogens is 2. The van der Waals surface area contributed by atoms with E-state index in [0.717, 1.165) is 24.4 Å². The second-order valence-corrected chi connectivity index (χ2v) is 5.59. The number of likely N-dealkylation sites (tertiary alicyclic amines) is 1. The Labute approximate surface area is 105 Å². The summed E-state index contributed by atoms with van der Waals surface area (Å²) in [6.45, 7) is 4.35. The number of aryl methyl sites for hydroxylation is 1. The van der Waals surface area contributed by atoms with Gasteiger partial charge in [0.05, 0.1) is 10.2 Å². The molecular weight excluding hydrogens is 232 g/mol. The molecule has 1 fully saturated rings. The average molecular weight is 248 g/mol. The molecule has 0 bridgehead atoms. The van der Waals surface area contributed by atoms with Crippen molar-refractivity contribution in [1.82, 2.24) is 14.9 Å². The zero-order chi connectivity index (χ0) is 11.8. The maximum atomic E-state index is 4.38. The fourth-order valence-electron chi connectivity index (χ4n) is 2.32. The van der Waals surface area contributed by atoms with E-state index in [4.69, 9.17) is 0 Å². The quantitative estimate of drug-likeness (QED) is 0.884. The monoisotopic (exact) mass is 248 g/mol. The number of nitrogens with one attached hydrogen (secondary N) is 1. The molecule has 0 spiro atoms. The van der Waals surface area contributed by atoms with Crippen LogP contribution in [0.15, 0.2) is 11.7 Å². The van der Waals surface area contributed by atoms with Gasteiger partial charge in [0.1, 0.15) is 12.1 Å². The minimum Gasteiger partial charge on any atom is -0.365 e. The van der Waals surface area contributed by atoms with Crippen LogP contribution in [0.5, 0.6) is 0 Å². The first-order valence-electron chi connectivity index (χ1n) is 5.88. The highest BCUT2D eigenvalue weighted by Gasteiger charge is 2.20. The van der Waals surface area contributed by atoms with Gasteiger partial charge in [-0.2, -0.15) is 0 Å². The van der Waals surface area contributed by atoms with E-state index in [2.05, 4.69) is 39.5 Å². The molecule has 0 radical (unpaired) electrons. The van der Waals surface area contributed by atoms with Gasteiger partial charge >= 0.3 is 0 Å². The molecule has 3 rings (SSSR count). The first-order valence-corrected chi connectivity index (χ1v) is 6.76. The van der Waals surface area contributed by atoms with Crippen LogP contribution in [-0.2, 0) is 0 Å². The van der Waals surface area contributed by atoms with Crippen molar-refractivity contribution in [2.45, 2.75) is 19.4 Å². The molecule has 1 atom stereocenters. The first kappa shape index (κ1) is 10.9. The molecule has 4 nitrogen and oxygen atoms in total. The van der Waals surface area contributed by atoms with E-state index < -0.39 is 0 Å². The normalized spacial score (nSPS) is 21.2. The van der Waals surface area contributed by atoms with E-state index in [-0.39, 0.29) is 0 Å². The molecule has 3 heterocycles. The minimum absolute atomic E-state index is 0.514. The summed E-state index contributed by atoms with van der Waals surface area (Å²) in [5, 5.41) is 5.69. The van der Waals surface area contributed by atoms with Crippen LogP contribution in [0.2, 0.25) is 0 Å². The van der Waals surface area contributed by atoms with Crippen molar-refractivity contribution in [1.29, 1.82) is 0 Å². The zero-order valence-corrected chi connectivity index (χ0v) is 10.9. The minimum atomic E-state index is 0.514. The standard InChI is InChI=1S/C12H16N4S/c1-8-6-17-11-10(8)13-7-14-12(11)15-9-3-4-16(2)5-9/h6-7,9H,3-5H2,1-2H3,(H,13,14,15). The van der Waals surface area contributed by atoms with Crippen LogP contribution in [0, 0.1) is 6.92 Å². The Balaban J connectivity index is 1.90. The topological polar surface area (TPSA) is 41.0 Å². The van der Waals surface area contributed by atoms with Crippen LogP contribution < -0.4 is 5.32 Å². The molecule has 1 aliphatic heterocycles. The van der Waals surface area contributed by atoms with Gasteiger partial charge in [0.15, 0.2) is 0 Å². The molecule has 1 saturated heterocycles. The number of rotatable bonds is 2. The van der Waals surface area contributed by atoms with E-state index in [1.807, 2.05) is 0 Å². The fourth-order valence-corrected chi connectivity index (χ4v) is 3.27. The Kier molecular flexibility index (Phi) is 2.72. The van der Waals surface area contributed by atoms with Crippen molar-refractivity contribution >= 4 is 27.4 Å². The number of hydrogen-bond donors (Lipinski definition) is 1. The van der Waals surface area contributed by atoms with Gasteiger partial charge in [-0.25, -0.2) is 9.97 Å². The van der Waals surface area contributed by atoms with Crippen LogP contribution in [0.25, 0.3) is 10.2 Å². The lowest BCUT2D eigenvalue weighted by molar-refractivity contribution is 0.414. The van der Waals surface area contributed by atoms with Gasteiger partial charge in [-0.05, 0) is 37.9 Å². The fraction of sp³-hybridized carbons (Fsp3) is 0.500. The van der Waals surface area contributed by atoms with E-state index in [1.165, 1.54) is 16.7 Å². The van der Waals surface area contributed by atoms with Gasteiger partial charge in [0.25, 0.3) is 0 Å². The summed E-state index contributed by atoms with van der Waals surface area (Å²) in [5.74, 6) is 0.994. The molecule has 1 aliphatic rings. The van der Waals surface area contributed by atoms with Crippen molar-refractivity contribution in [2.75, 3.05) is 25.5 Å². The predicted octanol–water partition coefficient (Wildman–Crippen LogP) is 2.12. The number of likely N-dealkylation sites (N-methyl/N-ethyl adjacent to an activating group) is 1. The molecule has 90 valence electrons. The third-order valence-electron chi connectivity index (χ3n) is 3.26. The molecule has 1 N–H and O–H groups in total. The summed E-state index contributed by atoms with van der Waals surface area (Å²) < 4.78 is 1.18. The third kappa shape index (κ3) is 2.00. The Bertz CT molecular complexity index is 536. The molecule has 5 heteroatoms. The zero-order valence-electron chi connectivity index (χ0n) is 10.1. The number of nitrogens with zero attached hydrogens (tertiary/aromatic N) is 3. The van der Waals surface area contributed by atoms with Gasteiger partial charge in [-0.3, -0.25) is 0 Å². The van der Waals surface area contributed by atoms with Crippen molar-refractivity contribution < 1.29 is 0 Å².